The summed E-state index contributed by atoms with van der Waals surface area (Å²) in [7, 11) is 1.58. The van der Waals surface area contributed by atoms with Gasteiger partial charge in [0.15, 0.2) is 0 Å². The van der Waals surface area contributed by atoms with Crippen molar-refractivity contribution in [1.29, 1.82) is 0 Å². The van der Waals surface area contributed by atoms with E-state index in [9.17, 15) is 4.79 Å². The molecule has 0 atom stereocenters. The first kappa shape index (κ1) is 14.1. The number of carbonyl (C=O) groups excluding carboxylic acids is 1. The highest BCUT2D eigenvalue weighted by atomic mass is 16.5. The van der Waals surface area contributed by atoms with Crippen LogP contribution in [0.4, 0.5) is 5.69 Å². The number of hydrogen-bond acceptors (Lipinski definition) is 2. The molecule has 3 heteroatoms. The number of benzene rings is 3. The molecule has 0 saturated carbocycles. The summed E-state index contributed by atoms with van der Waals surface area (Å²) in [5, 5.41) is 5.10. The second-order valence-electron chi connectivity index (χ2n) is 5.14. The Bertz CT molecular complexity index is 834. The van der Waals surface area contributed by atoms with Gasteiger partial charge in [-0.05, 0) is 30.0 Å². The van der Waals surface area contributed by atoms with Gasteiger partial charge >= 0.3 is 0 Å². The average Bonchev–Trinajstić information content (AvgIpc) is 2.55. The van der Waals surface area contributed by atoms with Crippen molar-refractivity contribution < 1.29 is 9.53 Å². The Balaban J connectivity index is 1.99. The van der Waals surface area contributed by atoms with Crippen LogP contribution in [-0.2, 0) is 0 Å². The van der Waals surface area contributed by atoms with E-state index in [2.05, 4.69) is 5.32 Å². The number of ether oxygens (including phenoxy) is 1. The molecule has 3 aromatic carbocycles. The zero-order chi connectivity index (χ0) is 15.5. The summed E-state index contributed by atoms with van der Waals surface area (Å²) < 4.78 is 5.36. The zero-order valence-corrected chi connectivity index (χ0v) is 12.6. The maximum Gasteiger partial charge on any atom is 0.259 e. The summed E-state index contributed by atoms with van der Waals surface area (Å²) in [5.41, 5.74) is 2.27. The van der Waals surface area contributed by atoms with E-state index in [4.69, 9.17) is 4.74 Å². The van der Waals surface area contributed by atoms with Crippen LogP contribution in [0.5, 0.6) is 5.75 Å². The van der Waals surface area contributed by atoms with Crippen LogP contribution in [0, 0.1) is 6.92 Å². The molecule has 22 heavy (non-hydrogen) atoms. The third kappa shape index (κ3) is 2.53. The second kappa shape index (κ2) is 5.90. The fourth-order valence-electron chi connectivity index (χ4n) is 2.63. The highest BCUT2D eigenvalue weighted by Crippen LogP contribution is 2.27. The van der Waals surface area contributed by atoms with Gasteiger partial charge in [0.1, 0.15) is 5.75 Å². The largest absolute Gasteiger partial charge is 0.496 e. The lowest BCUT2D eigenvalue weighted by Crippen LogP contribution is -2.13. The molecule has 0 aliphatic carbocycles. The molecular formula is C19H17NO2. The van der Waals surface area contributed by atoms with Crippen molar-refractivity contribution in [3.8, 4) is 5.75 Å². The summed E-state index contributed by atoms with van der Waals surface area (Å²) in [6, 6.07) is 19.4. The topological polar surface area (TPSA) is 38.3 Å². The first-order valence-corrected chi connectivity index (χ1v) is 7.13. The van der Waals surface area contributed by atoms with Gasteiger partial charge < -0.3 is 10.1 Å². The standard InChI is InChI=1S/C19H17NO2/c1-13-7-5-11-16(18(13)22-2)19(21)20-17-12-6-9-14-8-3-4-10-15(14)17/h3-12H,1-2H3,(H,20,21). The average molecular weight is 291 g/mol. The molecule has 0 aliphatic rings. The Kier molecular flexibility index (Phi) is 3.79. The van der Waals surface area contributed by atoms with Gasteiger partial charge in [0.25, 0.3) is 5.91 Å². The molecule has 0 aromatic heterocycles. The van der Waals surface area contributed by atoms with E-state index in [0.717, 1.165) is 22.0 Å². The number of nitrogens with one attached hydrogen (secondary N) is 1. The lowest BCUT2D eigenvalue weighted by Gasteiger charge is -2.12. The zero-order valence-electron chi connectivity index (χ0n) is 12.6. The molecule has 3 nitrogen and oxygen atoms in total. The molecule has 0 spiro atoms. The second-order valence-corrected chi connectivity index (χ2v) is 5.14. The predicted molar refractivity (Wildman–Crippen MR) is 89.6 cm³/mol. The van der Waals surface area contributed by atoms with Crippen LogP contribution in [0.2, 0.25) is 0 Å². The summed E-state index contributed by atoms with van der Waals surface area (Å²) in [6.07, 6.45) is 0. The highest BCUT2D eigenvalue weighted by molar-refractivity contribution is 6.10. The van der Waals surface area contributed by atoms with E-state index in [1.54, 1.807) is 13.2 Å². The fourth-order valence-corrected chi connectivity index (χ4v) is 2.63. The van der Waals surface area contributed by atoms with Crippen LogP contribution in [-0.4, -0.2) is 13.0 Å². The lowest BCUT2D eigenvalue weighted by molar-refractivity contribution is 0.102. The van der Waals surface area contributed by atoms with E-state index >= 15 is 0 Å². The molecule has 0 heterocycles. The van der Waals surface area contributed by atoms with E-state index in [1.807, 2.05) is 61.5 Å². The summed E-state index contributed by atoms with van der Waals surface area (Å²) in [4.78, 5) is 12.6. The molecule has 0 radical (unpaired) electrons. The van der Waals surface area contributed by atoms with Crippen LogP contribution in [0.3, 0.4) is 0 Å². The van der Waals surface area contributed by atoms with Gasteiger partial charge in [-0.1, -0.05) is 48.5 Å². The Morgan fingerprint density at radius 3 is 2.50 bits per heavy atom. The molecule has 110 valence electrons. The monoisotopic (exact) mass is 291 g/mol. The van der Waals surface area contributed by atoms with Crippen LogP contribution in [0.1, 0.15) is 15.9 Å². The number of amides is 1. The van der Waals surface area contributed by atoms with Crippen LogP contribution < -0.4 is 10.1 Å². The number of methoxy groups -OCH3 is 1. The third-order valence-corrected chi connectivity index (χ3v) is 3.70. The van der Waals surface area contributed by atoms with Crippen molar-refractivity contribution in [2.45, 2.75) is 6.92 Å². The minimum absolute atomic E-state index is 0.170. The molecule has 0 unspecified atom stereocenters. The first-order valence-electron chi connectivity index (χ1n) is 7.13. The molecule has 1 N–H and O–H groups in total. The Labute approximate surface area is 129 Å². The van der Waals surface area contributed by atoms with Crippen molar-refractivity contribution in [3.63, 3.8) is 0 Å². The number of rotatable bonds is 3. The molecule has 0 fully saturated rings. The minimum Gasteiger partial charge on any atom is -0.496 e. The lowest BCUT2D eigenvalue weighted by atomic mass is 10.1. The minimum atomic E-state index is -0.170. The van der Waals surface area contributed by atoms with E-state index < -0.39 is 0 Å². The molecule has 3 rings (SSSR count). The van der Waals surface area contributed by atoms with Crippen molar-refractivity contribution in [1.82, 2.24) is 0 Å². The first-order chi connectivity index (χ1) is 10.7. The van der Waals surface area contributed by atoms with Crippen molar-refractivity contribution in [3.05, 3.63) is 71.8 Å². The van der Waals surface area contributed by atoms with Gasteiger partial charge in [-0.15, -0.1) is 0 Å². The number of para-hydroxylation sites is 1. The van der Waals surface area contributed by atoms with E-state index in [1.165, 1.54) is 0 Å². The van der Waals surface area contributed by atoms with Crippen molar-refractivity contribution in [2.24, 2.45) is 0 Å². The molecule has 1 amide bonds. The van der Waals surface area contributed by atoms with Crippen LogP contribution in [0.25, 0.3) is 10.8 Å². The van der Waals surface area contributed by atoms with Gasteiger partial charge in [0, 0.05) is 11.1 Å². The normalized spacial score (nSPS) is 10.5. The Morgan fingerprint density at radius 2 is 1.68 bits per heavy atom. The predicted octanol–water partition coefficient (Wildman–Crippen LogP) is 4.41. The van der Waals surface area contributed by atoms with E-state index in [-0.39, 0.29) is 5.91 Å². The number of anilines is 1. The number of hydrogen-bond donors (Lipinski definition) is 1. The fraction of sp³-hybridized carbons (Fsp3) is 0.105. The van der Waals surface area contributed by atoms with Crippen LogP contribution >= 0.6 is 0 Å². The maximum atomic E-state index is 12.6. The molecular weight excluding hydrogens is 274 g/mol. The van der Waals surface area contributed by atoms with Crippen molar-refractivity contribution in [2.75, 3.05) is 12.4 Å². The van der Waals surface area contributed by atoms with E-state index in [0.29, 0.717) is 11.3 Å². The molecule has 3 aromatic rings. The van der Waals surface area contributed by atoms with Gasteiger partial charge in [-0.3, -0.25) is 4.79 Å². The third-order valence-electron chi connectivity index (χ3n) is 3.70. The molecule has 0 bridgehead atoms. The Hall–Kier alpha value is -2.81. The Morgan fingerprint density at radius 1 is 0.955 bits per heavy atom. The quantitative estimate of drug-likeness (QED) is 0.776. The number of aryl methyl sites for hydroxylation is 1. The van der Waals surface area contributed by atoms with Crippen molar-refractivity contribution >= 4 is 22.4 Å². The van der Waals surface area contributed by atoms with Gasteiger partial charge in [-0.25, -0.2) is 0 Å². The molecule has 0 aliphatic heterocycles. The smallest absolute Gasteiger partial charge is 0.259 e. The van der Waals surface area contributed by atoms with Gasteiger partial charge in [-0.2, -0.15) is 0 Å². The highest BCUT2D eigenvalue weighted by Gasteiger charge is 2.14. The van der Waals surface area contributed by atoms with Gasteiger partial charge in [0.05, 0.1) is 12.7 Å². The SMILES string of the molecule is COc1c(C)cccc1C(=O)Nc1cccc2ccccc12. The summed E-state index contributed by atoms with van der Waals surface area (Å²) in [6.45, 7) is 1.92. The van der Waals surface area contributed by atoms with Crippen LogP contribution in [0.15, 0.2) is 60.7 Å². The maximum absolute atomic E-state index is 12.6. The van der Waals surface area contributed by atoms with Gasteiger partial charge in [0.2, 0.25) is 0 Å². The molecule has 0 saturated heterocycles. The summed E-state index contributed by atoms with van der Waals surface area (Å²) in [5.74, 6) is 0.442. The number of carbonyl (C=O) groups is 1. The number of fused-ring (bicyclic) bond motifs is 1. The summed E-state index contributed by atoms with van der Waals surface area (Å²) >= 11 is 0.